The maximum Gasteiger partial charge on any atom is 0.316 e. The molecule has 4 heteroatoms. The first-order chi connectivity index (χ1) is 6.20. The van der Waals surface area contributed by atoms with Gasteiger partial charge in [-0.25, -0.2) is 4.79 Å². The molecule has 1 atom stereocenters. The first kappa shape index (κ1) is 10.7. The third kappa shape index (κ3) is 3.89. The van der Waals surface area contributed by atoms with Gasteiger partial charge in [0.15, 0.2) is 0 Å². The van der Waals surface area contributed by atoms with Gasteiger partial charge in [-0.05, 0) is 30.3 Å². The van der Waals surface area contributed by atoms with E-state index in [2.05, 4.69) is 5.32 Å². The van der Waals surface area contributed by atoms with Gasteiger partial charge in [-0.3, -0.25) is 0 Å². The van der Waals surface area contributed by atoms with Crippen molar-refractivity contribution in [1.29, 1.82) is 0 Å². The highest BCUT2D eigenvalue weighted by atomic mass is 32.2. The van der Waals surface area contributed by atoms with E-state index >= 15 is 0 Å². The molecule has 3 nitrogen and oxygen atoms in total. The molecule has 1 fully saturated rings. The van der Waals surface area contributed by atoms with E-state index < -0.39 is 0 Å². The second-order valence-corrected chi connectivity index (χ2v) is 4.81. The van der Waals surface area contributed by atoms with E-state index in [1.807, 2.05) is 11.8 Å². The molecular formula is C9H18N2OS. The van der Waals surface area contributed by atoms with Crippen molar-refractivity contribution in [2.75, 3.05) is 32.1 Å². The fourth-order valence-corrected chi connectivity index (χ4v) is 2.51. The summed E-state index contributed by atoms with van der Waals surface area (Å²) in [6, 6.07) is 0.0237. The minimum atomic E-state index is 0.0237. The standard InChI is InChI=1S/C9H18N2OS/c1-11(2)9(12)10-6-8-4-3-5-13-7-8/h8H,3-7H2,1-2H3,(H,10,12). The zero-order valence-corrected chi connectivity index (χ0v) is 9.19. The molecule has 1 unspecified atom stereocenters. The molecule has 0 bridgehead atoms. The molecule has 2 amide bonds. The Labute approximate surface area is 84.2 Å². The number of carbonyl (C=O) groups is 1. The lowest BCUT2D eigenvalue weighted by molar-refractivity contribution is 0.215. The van der Waals surface area contributed by atoms with Crippen LogP contribution in [-0.4, -0.2) is 43.1 Å². The second-order valence-electron chi connectivity index (χ2n) is 3.66. The molecular weight excluding hydrogens is 184 g/mol. The normalized spacial score (nSPS) is 22.5. The Kier molecular flexibility index (Phi) is 4.42. The quantitative estimate of drug-likeness (QED) is 0.734. The van der Waals surface area contributed by atoms with Crippen molar-refractivity contribution in [2.45, 2.75) is 12.8 Å². The van der Waals surface area contributed by atoms with Crippen molar-refractivity contribution in [3.63, 3.8) is 0 Å². The maximum absolute atomic E-state index is 11.2. The van der Waals surface area contributed by atoms with Gasteiger partial charge in [-0.1, -0.05) is 0 Å². The van der Waals surface area contributed by atoms with E-state index in [4.69, 9.17) is 0 Å². The summed E-state index contributed by atoms with van der Waals surface area (Å²) in [6.45, 7) is 0.837. The van der Waals surface area contributed by atoms with Gasteiger partial charge < -0.3 is 10.2 Å². The molecule has 1 rings (SSSR count). The van der Waals surface area contributed by atoms with E-state index in [0.717, 1.165) is 6.54 Å². The number of hydrogen-bond donors (Lipinski definition) is 1. The number of nitrogens with zero attached hydrogens (tertiary/aromatic N) is 1. The number of thioether (sulfide) groups is 1. The number of carbonyl (C=O) groups excluding carboxylic acids is 1. The van der Waals surface area contributed by atoms with Crippen LogP contribution in [0.15, 0.2) is 0 Å². The average molecular weight is 202 g/mol. The SMILES string of the molecule is CN(C)C(=O)NCC1CCCSC1. The van der Waals surface area contributed by atoms with Crippen molar-refractivity contribution in [3.8, 4) is 0 Å². The van der Waals surface area contributed by atoms with Crippen molar-refractivity contribution < 1.29 is 4.79 Å². The number of hydrogen-bond acceptors (Lipinski definition) is 2. The van der Waals surface area contributed by atoms with E-state index in [9.17, 15) is 4.79 Å². The van der Waals surface area contributed by atoms with Crippen LogP contribution in [-0.2, 0) is 0 Å². The van der Waals surface area contributed by atoms with Crippen molar-refractivity contribution in [2.24, 2.45) is 5.92 Å². The predicted molar refractivity (Wildman–Crippen MR) is 57.1 cm³/mol. The number of urea groups is 1. The minimum absolute atomic E-state index is 0.0237. The Bertz CT molecular complexity index is 167. The van der Waals surface area contributed by atoms with Crippen LogP contribution in [0.5, 0.6) is 0 Å². The summed E-state index contributed by atoms with van der Waals surface area (Å²) in [7, 11) is 3.54. The second kappa shape index (κ2) is 5.37. The molecule has 13 heavy (non-hydrogen) atoms. The molecule has 1 saturated heterocycles. The molecule has 1 aliphatic rings. The van der Waals surface area contributed by atoms with Gasteiger partial charge in [0, 0.05) is 20.6 Å². The maximum atomic E-state index is 11.2. The van der Waals surface area contributed by atoms with Crippen molar-refractivity contribution >= 4 is 17.8 Å². The average Bonchev–Trinajstić information content (AvgIpc) is 2.15. The summed E-state index contributed by atoms with van der Waals surface area (Å²) in [5.74, 6) is 3.17. The molecule has 0 radical (unpaired) electrons. The van der Waals surface area contributed by atoms with Gasteiger partial charge in [0.05, 0.1) is 0 Å². The third-order valence-electron chi connectivity index (χ3n) is 2.20. The Morgan fingerprint density at radius 2 is 2.38 bits per heavy atom. The molecule has 1 heterocycles. The van der Waals surface area contributed by atoms with Gasteiger partial charge in [0.1, 0.15) is 0 Å². The van der Waals surface area contributed by atoms with Crippen LogP contribution in [0.2, 0.25) is 0 Å². The Hall–Kier alpha value is -0.380. The smallest absolute Gasteiger partial charge is 0.316 e. The fraction of sp³-hybridized carbons (Fsp3) is 0.889. The van der Waals surface area contributed by atoms with Gasteiger partial charge in [0.2, 0.25) is 0 Å². The minimum Gasteiger partial charge on any atom is -0.338 e. The summed E-state index contributed by atoms with van der Waals surface area (Å²) in [6.07, 6.45) is 2.56. The highest BCUT2D eigenvalue weighted by Gasteiger charge is 2.14. The van der Waals surface area contributed by atoms with Gasteiger partial charge in [-0.2, -0.15) is 11.8 Å². The highest BCUT2D eigenvalue weighted by molar-refractivity contribution is 7.99. The summed E-state index contributed by atoms with van der Waals surface area (Å²) in [5.41, 5.74) is 0. The molecule has 0 aromatic heterocycles. The first-order valence-corrected chi connectivity index (χ1v) is 5.88. The van der Waals surface area contributed by atoms with Crippen LogP contribution in [0.3, 0.4) is 0 Å². The lowest BCUT2D eigenvalue weighted by atomic mass is 10.1. The number of rotatable bonds is 2. The zero-order chi connectivity index (χ0) is 9.68. The van der Waals surface area contributed by atoms with Crippen molar-refractivity contribution in [1.82, 2.24) is 10.2 Å². The van der Waals surface area contributed by atoms with E-state index in [0.29, 0.717) is 5.92 Å². The fourth-order valence-electron chi connectivity index (χ4n) is 1.36. The van der Waals surface area contributed by atoms with Crippen LogP contribution < -0.4 is 5.32 Å². The molecule has 1 N–H and O–H groups in total. The Balaban J connectivity index is 2.13. The summed E-state index contributed by atoms with van der Waals surface area (Å²) < 4.78 is 0. The molecule has 0 aromatic carbocycles. The highest BCUT2D eigenvalue weighted by Crippen LogP contribution is 2.21. The molecule has 1 aliphatic heterocycles. The number of nitrogens with one attached hydrogen (secondary N) is 1. The molecule has 0 saturated carbocycles. The van der Waals surface area contributed by atoms with E-state index in [-0.39, 0.29) is 6.03 Å². The summed E-state index contributed by atoms with van der Waals surface area (Å²) in [4.78, 5) is 12.8. The van der Waals surface area contributed by atoms with Crippen LogP contribution in [0.25, 0.3) is 0 Å². The molecule has 0 aromatic rings. The summed E-state index contributed by atoms with van der Waals surface area (Å²) in [5, 5.41) is 2.93. The monoisotopic (exact) mass is 202 g/mol. The van der Waals surface area contributed by atoms with Crippen LogP contribution in [0.4, 0.5) is 4.79 Å². The zero-order valence-electron chi connectivity index (χ0n) is 8.38. The largest absolute Gasteiger partial charge is 0.338 e. The van der Waals surface area contributed by atoms with Gasteiger partial charge in [-0.15, -0.1) is 0 Å². The van der Waals surface area contributed by atoms with Crippen molar-refractivity contribution in [3.05, 3.63) is 0 Å². The lowest BCUT2D eigenvalue weighted by Gasteiger charge is -2.22. The predicted octanol–water partition coefficient (Wildman–Crippen LogP) is 1.40. The van der Waals surface area contributed by atoms with E-state index in [1.165, 1.54) is 24.3 Å². The van der Waals surface area contributed by atoms with Crippen LogP contribution in [0, 0.1) is 5.92 Å². The van der Waals surface area contributed by atoms with E-state index in [1.54, 1.807) is 19.0 Å². The Morgan fingerprint density at radius 1 is 1.62 bits per heavy atom. The van der Waals surface area contributed by atoms with Gasteiger partial charge >= 0.3 is 6.03 Å². The van der Waals surface area contributed by atoms with Gasteiger partial charge in [0.25, 0.3) is 0 Å². The topological polar surface area (TPSA) is 32.3 Å². The van der Waals surface area contributed by atoms with Crippen LogP contribution in [0.1, 0.15) is 12.8 Å². The first-order valence-electron chi connectivity index (χ1n) is 4.73. The Morgan fingerprint density at radius 3 is 2.92 bits per heavy atom. The third-order valence-corrected chi connectivity index (χ3v) is 3.49. The molecule has 76 valence electrons. The molecule has 0 aliphatic carbocycles. The van der Waals surface area contributed by atoms with Crippen LogP contribution >= 0.6 is 11.8 Å². The molecule has 0 spiro atoms. The summed E-state index contributed by atoms with van der Waals surface area (Å²) >= 11 is 2.00. The lowest BCUT2D eigenvalue weighted by Crippen LogP contribution is -2.38. The number of amides is 2.